The minimum Gasteiger partial charge on any atom is -0.354 e. The van der Waals surface area contributed by atoms with Crippen molar-refractivity contribution >= 4 is 35.0 Å². The van der Waals surface area contributed by atoms with Gasteiger partial charge in [0.15, 0.2) is 0 Å². The lowest BCUT2D eigenvalue weighted by atomic mass is 10.0. The van der Waals surface area contributed by atoms with Crippen molar-refractivity contribution in [3.63, 3.8) is 0 Å². The van der Waals surface area contributed by atoms with Crippen LogP contribution in [0.1, 0.15) is 96.0 Å². The molecule has 0 fully saturated rings. The van der Waals surface area contributed by atoms with E-state index in [4.69, 9.17) is 0 Å². The zero-order valence-corrected chi connectivity index (χ0v) is 26.3. The maximum atomic E-state index is 13.7. The molecule has 4 amide bonds. The lowest BCUT2D eigenvalue weighted by molar-refractivity contribution is -0.124. The van der Waals surface area contributed by atoms with Gasteiger partial charge in [-0.05, 0) is 42.7 Å². The molecule has 11 nitrogen and oxygen atoms in total. The third-order valence-corrected chi connectivity index (χ3v) is 8.43. The molecule has 0 radical (unpaired) electrons. The molecule has 2 aromatic heterocycles. The molecule has 0 saturated heterocycles. The number of fused-ring (bicyclic) bond motifs is 2. The van der Waals surface area contributed by atoms with Crippen LogP contribution in [0.2, 0.25) is 0 Å². The quantitative estimate of drug-likeness (QED) is 0.284. The van der Waals surface area contributed by atoms with Gasteiger partial charge in [-0.25, -0.2) is 4.98 Å². The summed E-state index contributed by atoms with van der Waals surface area (Å²) in [5.41, 5.74) is 1.55. The predicted octanol–water partition coefficient (Wildman–Crippen LogP) is 3.21. The van der Waals surface area contributed by atoms with Crippen molar-refractivity contribution in [1.82, 2.24) is 31.2 Å². The molecule has 0 aliphatic carbocycles. The van der Waals surface area contributed by atoms with Crippen LogP contribution in [-0.2, 0) is 16.0 Å². The molecular formula is C32H40N6O5S. The molecule has 3 atom stereocenters. The van der Waals surface area contributed by atoms with Crippen molar-refractivity contribution in [2.45, 2.75) is 77.4 Å². The first-order valence-electron chi connectivity index (χ1n) is 15.0. The summed E-state index contributed by atoms with van der Waals surface area (Å²) in [4.78, 5) is 72.7. The summed E-state index contributed by atoms with van der Waals surface area (Å²) < 4.78 is 0. The highest BCUT2D eigenvalue weighted by Gasteiger charge is 2.30. The molecule has 0 saturated carbocycles. The van der Waals surface area contributed by atoms with Crippen LogP contribution in [0.3, 0.4) is 0 Å². The number of H-pyrrole nitrogens is 1. The van der Waals surface area contributed by atoms with Crippen LogP contribution in [-0.4, -0.2) is 52.2 Å². The second-order valence-electron chi connectivity index (χ2n) is 11.6. The van der Waals surface area contributed by atoms with Crippen LogP contribution in [0.25, 0.3) is 0 Å². The number of rotatable bonds is 6. The van der Waals surface area contributed by atoms with Crippen LogP contribution in [0.5, 0.6) is 0 Å². The Morgan fingerprint density at radius 1 is 0.977 bits per heavy atom. The molecule has 1 aliphatic rings. The summed E-state index contributed by atoms with van der Waals surface area (Å²) in [5.74, 6) is -1.83. The van der Waals surface area contributed by atoms with Crippen molar-refractivity contribution in [3.05, 3.63) is 85.7 Å². The molecule has 44 heavy (non-hydrogen) atoms. The van der Waals surface area contributed by atoms with E-state index in [9.17, 15) is 24.0 Å². The highest BCUT2D eigenvalue weighted by Crippen LogP contribution is 2.26. The van der Waals surface area contributed by atoms with Crippen molar-refractivity contribution in [2.75, 3.05) is 6.54 Å². The van der Waals surface area contributed by atoms with Crippen LogP contribution < -0.4 is 26.8 Å². The molecule has 2 bridgehead atoms. The fraction of sp³-hybridized carbons (Fsp3) is 0.438. The number of carbonyl (C=O) groups excluding carboxylic acids is 4. The van der Waals surface area contributed by atoms with Crippen LogP contribution in [0, 0.1) is 5.92 Å². The summed E-state index contributed by atoms with van der Waals surface area (Å²) in [6.45, 7) is 7.95. The van der Waals surface area contributed by atoms with E-state index in [1.165, 1.54) is 23.5 Å². The first-order chi connectivity index (χ1) is 21.0. The highest BCUT2D eigenvalue weighted by atomic mass is 32.1. The minimum atomic E-state index is -0.882. The monoisotopic (exact) mass is 620 g/mol. The van der Waals surface area contributed by atoms with Gasteiger partial charge in [0.05, 0.1) is 11.6 Å². The van der Waals surface area contributed by atoms with Gasteiger partial charge in [0.25, 0.3) is 11.8 Å². The van der Waals surface area contributed by atoms with Gasteiger partial charge in [0.1, 0.15) is 22.8 Å². The van der Waals surface area contributed by atoms with E-state index >= 15 is 0 Å². The molecule has 12 heteroatoms. The smallest absolute Gasteiger partial charge is 0.271 e. The van der Waals surface area contributed by atoms with E-state index in [0.29, 0.717) is 48.5 Å². The second kappa shape index (κ2) is 14.9. The van der Waals surface area contributed by atoms with E-state index in [1.807, 2.05) is 58.0 Å². The Kier molecular flexibility index (Phi) is 11.0. The average Bonchev–Trinajstić information content (AvgIpc) is 3.48. The molecule has 0 unspecified atom stereocenters. The SMILES string of the molecule is CC(C)c1[nH]c(=O)ccc1C(=O)N[C@H]1CCCCNC(=O)[C@@H](Cc2ccccc2)NC(=O)c2csc(n2)[C@@H](C(C)C)NC1=O. The molecule has 3 heterocycles. The number of hydrogen-bond donors (Lipinski definition) is 5. The molecule has 3 aromatic rings. The summed E-state index contributed by atoms with van der Waals surface area (Å²) >= 11 is 1.25. The fourth-order valence-electron chi connectivity index (χ4n) is 5.05. The summed E-state index contributed by atoms with van der Waals surface area (Å²) in [6, 6.07) is 10.0. The van der Waals surface area contributed by atoms with E-state index < -0.39 is 29.9 Å². The number of aromatic nitrogens is 2. The summed E-state index contributed by atoms with van der Waals surface area (Å²) in [5, 5.41) is 13.8. The number of hydrogen-bond acceptors (Lipinski definition) is 7. The van der Waals surface area contributed by atoms with E-state index in [2.05, 4.69) is 31.2 Å². The van der Waals surface area contributed by atoms with E-state index in [1.54, 1.807) is 5.38 Å². The molecule has 1 aliphatic heterocycles. The maximum absolute atomic E-state index is 13.7. The van der Waals surface area contributed by atoms with Gasteiger partial charge in [0.2, 0.25) is 17.4 Å². The number of amides is 4. The summed E-state index contributed by atoms with van der Waals surface area (Å²) in [7, 11) is 0. The molecule has 5 N–H and O–H groups in total. The van der Waals surface area contributed by atoms with Gasteiger partial charge in [0, 0.05) is 30.1 Å². The Labute approximate surface area is 260 Å². The van der Waals surface area contributed by atoms with Crippen LogP contribution >= 0.6 is 11.3 Å². The number of aromatic amines is 1. The maximum Gasteiger partial charge on any atom is 0.271 e. The first kappa shape index (κ1) is 32.6. The third-order valence-electron chi connectivity index (χ3n) is 7.50. The number of carbonyl (C=O) groups is 4. The largest absolute Gasteiger partial charge is 0.354 e. The molecular weight excluding hydrogens is 580 g/mol. The normalized spacial score (nSPS) is 20.1. The Bertz CT molecular complexity index is 1530. The van der Waals surface area contributed by atoms with Gasteiger partial charge in [-0.3, -0.25) is 24.0 Å². The number of pyridine rings is 1. The number of nitrogens with one attached hydrogen (secondary N) is 5. The fourth-order valence-corrected chi connectivity index (χ4v) is 6.07. The Morgan fingerprint density at radius 3 is 2.43 bits per heavy atom. The van der Waals surface area contributed by atoms with Gasteiger partial charge >= 0.3 is 0 Å². The molecule has 0 spiro atoms. The van der Waals surface area contributed by atoms with Crippen LogP contribution in [0.4, 0.5) is 0 Å². The van der Waals surface area contributed by atoms with Gasteiger partial charge < -0.3 is 26.3 Å². The van der Waals surface area contributed by atoms with Crippen LogP contribution in [0.15, 0.2) is 52.6 Å². The lowest BCUT2D eigenvalue weighted by Crippen LogP contribution is -2.49. The number of benzene rings is 1. The first-order valence-corrected chi connectivity index (χ1v) is 15.8. The Morgan fingerprint density at radius 2 is 1.73 bits per heavy atom. The van der Waals surface area contributed by atoms with Crippen molar-refractivity contribution in [1.29, 1.82) is 0 Å². The zero-order valence-electron chi connectivity index (χ0n) is 25.4. The summed E-state index contributed by atoms with van der Waals surface area (Å²) in [6.07, 6.45) is 1.72. The van der Waals surface area contributed by atoms with E-state index in [-0.39, 0.29) is 34.9 Å². The highest BCUT2D eigenvalue weighted by molar-refractivity contribution is 7.09. The average molecular weight is 621 g/mol. The van der Waals surface area contributed by atoms with Crippen molar-refractivity contribution in [3.8, 4) is 0 Å². The van der Waals surface area contributed by atoms with Gasteiger partial charge in [-0.2, -0.15) is 0 Å². The van der Waals surface area contributed by atoms with Gasteiger partial charge in [-0.15, -0.1) is 11.3 Å². The zero-order chi connectivity index (χ0) is 31.8. The lowest BCUT2D eigenvalue weighted by Gasteiger charge is -2.25. The number of thiazole rings is 1. The minimum absolute atomic E-state index is 0.0698. The van der Waals surface area contributed by atoms with Gasteiger partial charge in [-0.1, -0.05) is 58.0 Å². The topological polar surface area (TPSA) is 162 Å². The van der Waals surface area contributed by atoms with E-state index in [0.717, 1.165) is 5.56 Å². The standard InChI is InChI=1S/C32H40N6O5S/c1-18(2)26-21(13-14-25(39)37-26)28(40)34-22-12-8-9-15-33-29(41)23(16-20-10-6-5-7-11-20)35-31(43)24-17-44-32(36-24)27(19(3)4)38-30(22)42/h5-7,10-11,13-14,17-19,22-23,27H,8-9,12,15-16H2,1-4H3,(H,33,41)(H,34,40)(H,35,43)(H,37,39)(H,38,42)/t22-,23+,27+/m0/s1. The van der Waals surface area contributed by atoms with Crippen molar-refractivity contribution in [2.24, 2.45) is 5.92 Å². The van der Waals surface area contributed by atoms with Crippen molar-refractivity contribution < 1.29 is 19.2 Å². The Hall–Kier alpha value is -4.32. The predicted molar refractivity (Wildman–Crippen MR) is 169 cm³/mol. The second-order valence-corrected chi connectivity index (χ2v) is 12.5. The number of nitrogens with zero attached hydrogens (tertiary/aromatic N) is 1. The Balaban J connectivity index is 1.60. The molecule has 234 valence electrons. The molecule has 1 aromatic carbocycles. The third kappa shape index (κ3) is 8.40. The molecule has 4 rings (SSSR count).